The number of pyridine rings is 1. The molecule has 2 rings (SSSR count). The molecule has 0 unspecified atom stereocenters. The van der Waals surface area contributed by atoms with Gasteiger partial charge in [-0.1, -0.05) is 12.1 Å². The molecule has 0 bridgehead atoms. The van der Waals surface area contributed by atoms with E-state index in [1.54, 1.807) is 6.07 Å². The molecule has 0 aliphatic rings. The van der Waals surface area contributed by atoms with Gasteiger partial charge in [0.2, 0.25) is 0 Å². The first-order valence-corrected chi connectivity index (χ1v) is 4.95. The van der Waals surface area contributed by atoms with Gasteiger partial charge >= 0.3 is 0 Å². The number of nitrogens with two attached hydrogens (primary N) is 1. The van der Waals surface area contributed by atoms with Crippen molar-refractivity contribution in [2.24, 2.45) is 5.73 Å². The summed E-state index contributed by atoms with van der Waals surface area (Å²) >= 11 is 0. The Hall–Kier alpha value is -1.94. The predicted octanol–water partition coefficient (Wildman–Crippen LogP) is 2.42. The van der Waals surface area contributed by atoms with Crippen molar-refractivity contribution in [1.82, 2.24) is 4.98 Å². The van der Waals surface area contributed by atoms with Crippen LogP contribution in [0.3, 0.4) is 0 Å². The molecule has 0 atom stereocenters. The molecular weight excluding hydrogens is 205 g/mol. The van der Waals surface area contributed by atoms with Gasteiger partial charge in [0, 0.05) is 12.2 Å². The van der Waals surface area contributed by atoms with Crippen LogP contribution in [0.4, 0.5) is 15.9 Å². The lowest BCUT2D eigenvalue weighted by Crippen LogP contribution is -1.97. The molecule has 0 spiro atoms. The number of nitrogens with one attached hydrogen (secondary N) is 1. The van der Waals surface area contributed by atoms with Gasteiger partial charge in [0.05, 0.1) is 6.20 Å². The summed E-state index contributed by atoms with van der Waals surface area (Å²) in [7, 11) is 0. The summed E-state index contributed by atoms with van der Waals surface area (Å²) in [5.74, 6) is 0.269. The smallest absolute Gasteiger partial charge is 0.141 e. The zero-order valence-electron chi connectivity index (χ0n) is 8.65. The Balaban J connectivity index is 2.11. The number of hydrogen-bond acceptors (Lipinski definition) is 3. The Morgan fingerprint density at radius 1 is 1.12 bits per heavy atom. The van der Waals surface area contributed by atoms with Crippen LogP contribution in [0.5, 0.6) is 0 Å². The monoisotopic (exact) mass is 217 g/mol. The number of halogens is 1. The van der Waals surface area contributed by atoms with Crippen molar-refractivity contribution in [2.75, 3.05) is 5.32 Å². The molecule has 16 heavy (non-hydrogen) atoms. The van der Waals surface area contributed by atoms with Crippen LogP contribution in [0.1, 0.15) is 5.56 Å². The molecule has 3 N–H and O–H groups in total. The van der Waals surface area contributed by atoms with Crippen LogP contribution in [-0.2, 0) is 6.54 Å². The fourth-order valence-corrected chi connectivity index (χ4v) is 1.32. The Bertz CT molecular complexity index is 451. The second-order valence-corrected chi connectivity index (χ2v) is 3.39. The minimum absolute atomic E-state index is 0.343. The quantitative estimate of drug-likeness (QED) is 0.830. The topological polar surface area (TPSA) is 50.9 Å². The average Bonchev–Trinajstić information content (AvgIpc) is 2.33. The van der Waals surface area contributed by atoms with Gasteiger partial charge < -0.3 is 11.1 Å². The van der Waals surface area contributed by atoms with Crippen LogP contribution in [0.2, 0.25) is 0 Å². The lowest BCUT2D eigenvalue weighted by molar-refractivity contribution is 0.622. The highest BCUT2D eigenvalue weighted by Gasteiger charge is 1.96. The van der Waals surface area contributed by atoms with E-state index in [1.807, 2.05) is 24.3 Å². The van der Waals surface area contributed by atoms with Crippen LogP contribution in [0.25, 0.3) is 0 Å². The molecule has 1 aromatic carbocycles. The molecule has 3 nitrogen and oxygen atoms in total. The number of rotatable bonds is 3. The van der Waals surface area contributed by atoms with E-state index in [0.29, 0.717) is 12.4 Å². The highest BCUT2D eigenvalue weighted by Crippen LogP contribution is 2.14. The average molecular weight is 217 g/mol. The number of aromatic nitrogens is 1. The molecule has 2 aromatic rings. The van der Waals surface area contributed by atoms with E-state index < -0.39 is 0 Å². The minimum Gasteiger partial charge on any atom is -0.340 e. The molecule has 0 saturated heterocycles. The third-order valence-corrected chi connectivity index (χ3v) is 2.19. The summed E-state index contributed by atoms with van der Waals surface area (Å²) in [5, 5.41) is 3.06. The van der Waals surface area contributed by atoms with Gasteiger partial charge in [0.25, 0.3) is 0 Å². The SMILES string of the molecule is NCc1ccc(Nc2ccc(F)cn2)cc1. The van der Waals surface area contributed by atoms with Crippen molar-refractivity contribution >= 4 is 11.5 Å². The van der Waals surface area contributed by atoms with Gasteiger partial charge in [-0.2, -0.15) is 0 Å². The number of benzene rings is 1. The molecule has 0 fully saturated rings. The lowest BCUT2D eigenvalue weighted by Gasteiger charge is -2.05. The summed E-state index contributed by atoms with van der Waals surface area (Å²) in [6.45, 7) is 0.523. The van der Waals surface area contributed by atoms with Crippen molar-refractivity contribution in [3.63, 3.8) is 0 Å². The lowest BCUT2D eigenvalue weighted by atomic mass is 10.2. The van der Waals surface area contributed by atoms with E-state index in [2.05, 4.69) is 10.3 Å². The minimum atomic E-state index is -0.343. The maximum absolute atomic E-state index is 12.6. The van der Waals surface area contributed by atoms with Gasteiger partial charge in [-0.3, -0.25) is 0 Å². The Morgan fingerprint density at radius 3 is 2.44 bits per heavy atom. The largest absolute Gasteiger partial charge is 0.340 e. The zero-order chi connectivity index (χ0) is 11.4. The first-order valence-electron chi connectivity index (χ1n) is 4.95. The Labute approximate surface area is 93.1 Å². The number of nitrogens with zero attached hydrogens (tertiary/aromatic N) is 1. The van der Waals surface area contributed by atoms with Gasteiger partial charge in [-0.25, -0.2) is 9.37 Å². The van der Waals surface area contributed by atoms with Crippen LogP contribution in [0.15, 0.2) is 42.6 Å². The summed E-state index contributed by atoms with van der Waals surface area (Å²) in [5.41, 5.74) is 7.46. The number of hydrogen-bond donors (Lipinski definition) is 2. The normalized spacial score (nSPS) is 10.1. The van der Waals surface area contributed by atoms with E-state index >= 15 is 0 Å². The first-order chi connectivity index (χ1) is 7.78. The zero-order valence-corrected chi connectivity index (χ0v) is 8.65. The van der Waals surface area contributed by atoms with Crippen LogP contribution in [0, 0.1) is 5.82 Å². The van der Waals surface area contributed by atoms with Gasteiger partial charge in [-0.15, -0.1) is 0 Å². The first kappa shape index (κ1) is 10.6. The highest BCUT2D eigenvalue weighted by molar-refractivity contribution is 5.56. The van der Waals surface area contributed by atoms with Gasteiger partial charge in [0.15, 0.2) is 0 Å². The molecule has 1 heterocycles. The van der Waals surface area contributed by atoms with E-state index in [-0.39, 0.29) is 5.82 Å². The molecule has 0 radical (unpaired) electrons. The predicted molar refractivity (Wildman–Crippen MR) is 61.8 cm³/mol. The third kappa shape index (κ3) is 2.55. The Morgan fingerprint density at radius 2 is 1.88 bits per heavy atom. The van der Waals surface area contributed by atoms with E-state index in [1.165, 1.54) is 12.3 Å². The van der Waals surface area contributed by atoms with Crippen molar-refractivity contribution in [2.45, 2.75) is 6.54 Å². The summed E-state index contributed by atoms with van der Waals surface area (Å²) in [6.07, 6.45) is 1.18. The number of anilines is 2. The second-order valence-electron chi connectivity index (χ2n) is 3.39. The maximum Gasteiger partial charge on any atom is 0.141 e. The molecule has 1 aromatic heterocycles. The second kappa shape index (κ2) is 4.72. The summed E-state index contributed by atoms with van der Waals surface area (Å²) in [6, 6.07) is 10.6. The maximum atomic E-state index is 12.6. The van der Waals surface area contributed by atoms with E-state index in [4.69, 9.17) is 5.73 Å². The van der Waals surface area contributed by atoms with Crippen molar-refractivity contribution in [3.05, 3.63) is 54.0 Å². The van der Waals surface area contributed by atoms with Gasteiger partial charge in [-0.05, 0) is 29.8 Å². The standard InChI is InChI=1S/C12H12FN3/c13-10-3-6-12(15-8-10)16-11-4-1-9(7-14)2-5-11/h1-6,8H,7,14H2,(H,15,16). The van der Waals surface area contributed by atoms with Crippen molar-refractivity contribution in [3.8, 4) is 0 Å². The van der Waals surface area contributed by atoms with Crippen molar-refractivity contribution < 1.29 is 4.39 Å². The Kier molecular flexibility index (Phi) is 3.12. The fourth-order valence-electron chi connectivity index (χ4n) is 1.32. The van der Waals surface area contributed by atoms with Crippen molar-refractivity contribution in [1.29, 1.82) is 0 Å². The summed E-state index contributed by atoms with van der Waals surface area (Å²) < 4.78 is 12.6. The molecule has 82 valence electrons. The molecule has 0 saturated carbocycles. The third-order valence-electron chi connectivity index (χ3n) is 2.19. The molecular formula is C12H12FN3. The highest BCUT2D eigenvalue weighted by atomic mass is 19.1. The summed E-state index contributed by atoms with van der Waals surface area (Å²) in [4.78, 5) is 3.91. The van der Waals surface area contributed by atoms with E-state index in [0.717, 1.165) is 11.3 Å². The van der Waals surface area contributed by atoms with Crippen LogP contribution in [-0.4, -0.2) is 4.98 Å². The molecule has 4 heteroatoms. The van der Waals surface area contributed by atoms with E-state index in [9.17, 15) is 4.39 Å². The fraction of sp³-hybridized carbons (Fsp3) is 0.0833. The molecule has 0 aliphatic carbocycles. The van der Waals surface area contributed by atoms with Gasteiger partial charge in [0.1, 0.15) is 11.6 Å². The molecule has 0 amide bonds. The van der Waals surface area contributed by atoms with Crippen LogP contribution >= 0.6 is 0 Å². The molecule has 0 aliphatic heterocycles. The van der Waals surface area contributed by atoms with Crippen LogP contribution < -0.4 is 11.1 Å².